The second kappa shape index (κ2) is 6.90. The van der Waals surface area contributed by atoms with Crippen LogP contribution in [0.25, 0.3) is 0 Å². The maximum absolute atomic E-state index is 13.2. The van der Waals surface area contributed by atoms with E-state index in [2.05, 4.69) is 9.46 Å². The van der Waals surface area contributed by atoms with E-state index in [-0.39, 0.29) is 28.8 Å². The van der Waals surface area contributed by atoms with E-state index in [4.69, 9.17) is 11.6 Å². The van der Waals surface area contributed by atoms with E-state index in [1.165, 1.54) is 0 Å². The predicted molar refractivity (Wildman–Crippen MR) is 75.0 cm³/mol. The highest BCUT2D eigenvalue weighted by molar-refractivity contribution is 7.92. The quantitative estimate of drug-likeness (QED) is 0.643. The van der Waals surface area contributed by atoms with Gasteiger partial charge in [-0.3, -0.25) is 4.72 Å². The van der Waals surface area contributed by atoms with E-state index in [0.717, 1.165) is 25.3 Å². The number of carbonyl (C=O) groups is 1. The van der Waals surface area contributed by atoms with Crippen molar-refractivity contribution in [2.45, 2.75) is 6.92 Å². The van der Waals surface area contributed by atoms with Crippen LogP contribution in [-0.4, -0.2) is 33.1 Å². The molecular formula is C12H15ClFNO4S. The Hall–Kier alpha value is -1.34. The predicted octanol–water partition coefficient (Wildman–Crippen LogP) is 2.23. The highest BCUT2D eigenvalue weighted by Gasteiger charge is 2.20. The molecule has 1 unspecified atom stereocenters. The van der Waals surface area contributed by atoms with Crippen molar-refractivity contribution in [1.29, 1.82) is 0 Å². The van der Waals surface area contributed by atoms with Gasteiger partial charge in [0.1, 0.15) is 5.82 Å². The lowest BCUT2D eigenvalue weighted by Crippen LogP contribution is -2.23. The first-order chi connectivity index (χ1) is 9.29. The van der Waals surface area contributed by atoms with Gasteiger partial charge in [0, 0.05) is 5.88 Å². The minimum absolute atomic E-state index is 0.0593. The Labute approximate surface area is 122 Å². The van der Waals surface area contributed by atoms with Gasteiger partial charge in [0.15, 0.2) is 0 Å². The highest BCUT2D eigenvalue weighted by atomic mass is 35.5. The summed E-state index contributed by atoms with van der Waals surface area (Å²) in [4.78, 5) is 11.5. The van der Waals surface area contributed by atoms with Gasteiger partial charge in [-0.25, -0.2) is 17.6 Å². The maximum Gasteiger partial charge on any atom is 0.339 e. The number of methoxy groups -OCH3 is 1. The fourth-order valence-corrected chi connectivity index (χ4v) is 3.21. The Bertz CT molecular complexity index is 591. The van der Waals surface area contributed by atoms with Gasteiger partial charge in [-0.05, 0) is 24.1 Å². The van der Waals surface area contributed by atoms with E-state index in [1.54, 1.807) is 6.92 Å². The van der Waals surface area contributed by atoms with Crippen LogP contribution in [-0.2, 0) is 14.8 Å². The third kappa shape index (κ3) is 4.64. The molecule has 0 aliphatic carbocycles. The van der Waals surface area contributed by atoms with Crippen LogP contribution in [0.2, 0.25) is 0 Å². The minimum Gasteiger partial charge on any atom is -0.465 e. The lowest BCUT2D eigenvalue weighted by Gasteiger charge is -2.13. The number of anilines is 1. The Morgan fingerprint density at radius 1 is 1.50 bits per heavy atom. The zero-order valence-corrected chi connectivity index (χ0v) is 12.6. The summed E-state index contributed by atoms with van der Waals surface area (Å²) < 4.78 is 43.7. The number of ether oxygens (including phenoxy) is 1. The van der Waals surface area contributed by atoms with Crippen LogP contribution in [0.3, 0.4) is 0 Å². The summed E-state index contributed by atoms with van der Waals surface area (Å²) >= 11 is 5.56. The molecule has 0 amide bonds. The Balaban J connectivity index is 3.07. The van der Waals surface area contributed by atoms with E-state index < -0.39 is 21.8 Å². The molecule has 112 valence electrons. The van der Waals surface area contributed by atoms with E-state index in [9.17, 15) is 17.6 Å². The van der Waals surface area contributed by atoms with Crippen LogP contribution in [0.4, 0.5) is 10.1 Å². The molecule has 1 aromatic carbocycles. The molecule has 1 aromatic rings. The van der Waals surface area contributed by atoms with Crippen molar-refractivity contribution in [1.82, 2.24) is 0 Å². The van der Waals surface area contributed by atoms with E-state index in [1.807, 2.05) is 0 Å². The SMILES string of the molecule is COC(=O)c1ccc(F)cc1NS(=O)(=O)CC(C)CCl. The van der Waals surface area contributed by atoms with Crippen molar-refractivity contribution < 1.29 is 22.3 Å². The largest absolute Gasteiger partial charge is 0.465 e. The number of carbonyl (C=O) groups excluding carboxylic acids is 1. The molecule has 0 aliphatic heterocycles. The fourth-order valence-electron chi connectivity index (χ4n) is 1.52. The van der Waals surface area contributed by atoms with Gasteiger partial charge in [-0.1, -0.05) is 6.92 Å². The number of alkyl halides is 1. The monoisotopic (exact) mass is 323 g/mol. The molecule has 0 aromatic heterocycles. The first-order valence-electron chi connectivity index (χ1n) is 5.73. The molecule has 0 fully saturated rings. The third-order valence-corrected chi connectivity index (χ3v) is 4.49. The van der Waals surface area contributed by atoms with Gasteiger partial charge in [0.25, 0.3) is 0 Å². The maximum atomic E-state index is 13.2. The lowest BCUT2D eigenvalue weighted by molar-refractivity contribution is 0.0602. The number of sulfonamides is 1. The molecule has 0 saturated carbocycles. The molecule has 1 rings (SSSR count). The van der Waals surface area contributed by atoms with Gasteiger partial charge in [0.2, 0.25) is 10.0 Å². The van der Waals surface area contributed by atoms with Crippen LogP contribution in [0, 0.1) is 11.7 Å². The van der Waals surface area contributed by atoms with Crippen molar-refractivity contribution in [2.75, 3.05) is 23.5 Å². The zero-order chi connectivity index (χ0) is 15.3. The third-order valence-electron chi connectivity index (χ3n) is 2.42. The first-order valence-corrected chi connectivity index (χ1v) is 7.92. The molecule has 0 radical (unpaired) electrons. The van der Waals surface area contributed by atoms with Crippen molar-refractivity contribution in [3.05, 3.63) is 29.6 Å². The summed E-state index contributed by atoms with van der Waals surface area (Å²) in [5, 5.41) is 0. The minimum atomic E-state index is -3.74. The summed E-state index contributed by atoms with van der Waals surface area (Å²) in [5.74, 6) is -1.75. The van der Waals surface area contributed by atoms with Gasteiger partial charge in [-0.2, -0.15) is 0 Å². The summed E-state index contributed by atoms with van der Waals surface area (Å²) in [6, 6.07) is 3.13. The van der Waals surface area contributed by atoms with Crippen molar-refractivity contribution in [3.63, 3.8) is 0 Å². The smallest absolute Gasteiger partial charge is 0.339 e. The molecule has 0 heterocycles. The summed E-state index contributed by atoms with van der Waals surface area (Å²) in [5.41, 5.74) is -0.213. The molecule has 5 nitrogen and oxygen atoms in total. The topological polar surface area (TPSA) is 72.5 Å². The van der Waals surface area contributed by atoms with Crippen LogP contribution < -0.4 is 4.72 Å². The number of rotatable bonds is 6. The second-order valence-corrected chi connectivity index (χ2v) is 6.40. The zero-order valence-electron chi connectivity index (χ0n) is 11.0. The first kappa shape index (κ1) is 16.7. The lowest BCUT2D eigenvalue weighted by atomic mass is 10.2. The molecule has 0 bridgehead atoms. The molecule has 1 N–H and O–H groups in total. The van der Waals surface area contributed by atoms with Crippen LogP contribution in [0.5, 0.6) is 0 Å². The van der Waals surface area contributed by atoms with Crippen molar-refractivity contribution >= 4 is 33.3 Å². The molecule has 20 heavy (non-hydrogen) atoms. The van der Waals surface area contributed by atoms with Crippen LogP contribution in [0.15, 0.2) is 18.2 Å². The van der Waals surface area contributed by atoms with Crippen molar-refractivity contribution in [2.24, 2.45) is 5.92 Å². The number of hydrogen-bond acceptors (Lipinski definition) is 4. The standard InChI is InChI=1S/C12H15ClFNO4S/c1-8(6-13)7-20(17,18)15-11-5-9(14)3-4-10(11)12(16)19-2/h3-5,8,15H,6-7H2,1-2H3. The number of nitrogens with one attached hydrogen (secondary N) is 1. The normalized spacial score (nSPS) is 12.8. The average molecular weight is 324 g/mol. The fraction of sp³-hybridized carbons (Fsp3) is 0.417. The van der Waals surface area contributed by atoms with Gasteiger partial charge < -0.3 is 4.74 Å². The van der Waals surface area contributed by atoms with E-state index >= 15 is 0 Å². The highest BCUT2D eigenvalue weighted by Crippen LogP contribution is 2.20. The number of benzene rings is 1. The van der Waals surface area contributed by atoms with Gasteiger partial charge in [-0.15, -0.1) is 11.6 Å². The summed E-state index contributed by atoms with van der Waals surface area (Å²) in [6.45, 7) is 1.67. The molecule has 0 spiro atoms. The number of esters is 1. The summed E-state index contributed by atoms with van der Waals surface area (Å²) in [7, 11) is -2.58. The van der Waals surface area contributed by atoms with Crippen LogP contribution in [0.1, 0.15) is 17.3 Å². The number of halogens is 2. The second-order valence-electron chi connectivity index (χ2n) is 4.32. The van der Waals surface area contributed by atoms with E-state index in [0.29, 0.717) is 0 Å². The summed E-state index contributed by atoms with van der Waals surface area (Å²) in [6.07, 6.45) is 0. The number of hydrogen-bond donors (Lipinski definition) is 1. The molecule has 0 saturated heterocycles. The van der Waals surface area contributed by atoms with Crippen molar-refractivity contribution in [3.8, 4) is 0 Å². The van der Waals surface area contributed by atoms with Gasteiger partial charge >= 0.3 is 5.97 Å². The average Bonchev–Trinajstić information content (AvgIpc) is 2.36. The Morgan fingerprint density at radius 2 is 2.15 bits per heavy atom. The molecule has 1 atom stereocenters. The molecule has 0 aliphatic rings. The molecular weight excluding hydrogens is 309 g/mol. The Kier molecular flexibility index (Phi) is 5.76. The molecule has 8 heteroatoms. The van der Waals surface area contributed by atoms with Crippen LogP contribution >= 0.6 is 11.6 Å². The van der Waals surface area contributed by atoms with Gasteiger partial charge in [0.05, 0.1) is 24.1 Å². The Morgan fingerprint density at radius 3 is 2.70 bits per heavy atom.